The van der Waals surface area contributed by atoms with Crippen molar-refractivity contribution >= 4 is 52.1 Å². The number of unbranched alkanes of at least 4 members (excludes halogenated alkanes) is 7. The fourth-order valence-electron chi connectivity index (χ4n) is 4.95. The highest BCUT2D eigenvalue weighted by Gasteiger charge is 2.33. The van der Waals surface area contributed by atoms with Gasteiger partial charge in [-0.2, -0.15) is 5.26 Å². The highest BCUT2D eigenvalue weighted by Crippen LogP contribution is 2.36. The minimum atomic E-state index is -0.728. The van der Waals surface area contributed by atoms with Gasteiger partial charge in [-0.1, -0.05) is 62.5 Å². The number of pyridine rings is 1. The molecule has 0 saturated carbocycles. The van der Waals surface area contributed by atoms with Crippen molar-refractivity contribution < 1.29 is 14.7 Å². The van der Waals surface area contributed by atoms with Crippen molar-refractivity contribution in [2.24, 2.45) is 7.05 Å². The summed E-state index contributed by atoms with van der Waals surface area (Å²) in [5.74, 6) is -0.0891. The van der Waals surface area contributed by atoms with Gasteiger partial charge in [0.1, 0.15) is 21.8 Å². The van der Waals surface area contributed by atoms with Crippen LogP contribution < -0.4 is 10.5 Å². The molecule has 8 nitrogen and oxygen atoms in total. The third kappa shape index (κ3) is 7.23. The molecule has 0 aromatic carbocycles. The lowest BCUT2D eigenvalue weighted by Gasteiger charge is -2.25. The molecule has 0 radical (unpaired) electrons. The summed E-state index contributed by atoms with van der Waals surface area (Å²) in [6.45, 7) is 4.03. The predicted molar refractivity (Wildman–Crippen MR) is 152 cm³/mol. The van der Waals surface area contributed by atoms with Gasteiger partial charge in [0.2, 0.25) is 0 Å². The lowest BCUT2D eigenvalue weighted by atomic mass is 10.0. The fourth-order valence-corrected chi connectivity index (χ4v) is 6.24. The predicted octanol–water partition coefficient (Wildman–Crippen LogP) is 4.96. The van der Waals surface area contributed by atoms with E-state index in [1.165, 1.54) is 16.3 Å². The SMILES string of the molecule is Cc1c(/C=C2/SC(=S)N(CCCCCCCCCCC(=O)O)C2=O)c(N2CCCC2)n(C)c(=O)c1C#N. The summed E-state index contributed by atoms with van der Waals surface area (Å²) < 4.78 is 2.08. The van der Waals surface area contributed by atoms with Gasteiger partial charge in [-0.15, -0.1) is 0 Å². The highest BCUT2D eigenvalue weighted by molar-refractivity contribution is 8.26. The van der Waals surface area contributed by atoms with Crippen molar-refractivity contribution in [2.75, 3.05) is 24.5 Å². The quantitative estimate of drug-likeness (QED) is 0.211. The molecule has 2 aliphatic rings. The van der Waals surface area contributed by atoms with E-state index in [2.05, 4.69) is 4.90 Å². The van der Waals surface area contributed by atoms with E-state index in [0.29, 0.717) is 21.3 Å². The number of rotatable bonds is 13. The summed E-state index contributed by atoms with van der Waals surface area (Å²) in [5, 5.41) is 18.3. The molecule has 0 aliphatic carbocycles. The van der Waals surface area contributed by atoms with Gasteiger partial charge in [0.05, 0.1) is 4.91 Å². The zero-order valence-electron chi connectivity index (χ0n) is 21.8. The molecular weight excluding hydrogens is 508 g/mol. The van der Waals surface area contributed by atoms with Crippen molar-refractivity contribution in [3.8, 4) is 6.07 Å². The Morgan fingerprint density at radius 3 is 2.27 bits per heavy atom. The average molecular weight is 545 g/mol. The van der Waals surface area contributed by atoms with Crippen molar-refractivity contribution in [2.45, 2.75) is 77.6 Å². The van der Waals surface area contributed by atoms with Crippen LogP contribution in [0.3, 0.4) is 0 Å². The maximum Gasteiger partial charge on any atom is 0.303 e. The van der Waals surface area contributed by atoms with Gasteiger partial charge in [0.15, 0.2) is 0 Å². The second-order valence-corrected chi connectivity index (χ2v) is 11.4. The number of aliphatic carboxylic acids is 1. The van der Waals surface area contributed by atoms with E-state index in [1.54, 1.807) is 18.9 Å². The first kappa shape index (κ1) is 28.9. The molecule has 200 valence electrons. The first-order valence-corrected chi connectivity index (χ1v) is 14.3. The minimum absolute atomic E-state index is 0.106. The number of carboxylic acids is 1. The number of anilines is 1. The fraction of sp³-hybridized carbons (Fsp3) is 0.593. The third-order valence-corrected chi connectivity index (χ3v) is 8.42. The number of carbonyl (C=O) groups is 2. The molecule has 1 N–H and O–H groups in total. The maximum absolute atomic E-state index is 13.2. The van der Waals surface area contributed by atoms with Crippen LogP contribution in [0.1, 0.15) is 87.3 Å². The first-order chi connectivity index (χ1) is 17.8. The molecule has 0 unspecified atom stereocenters. The average Bonchev–Trinajstić information content (AvgIpc) is 3.48. The molecule has 3 heterocycles. The van der Waals surface area contributed by atoms with Crippen LogP contribution in [0.15, 0.2) is 9.70 Å². The van der Waals surface area contributed by atoms with Crippen LogP contribution >= 0.6 is 24.0 Å². The van der Waals surface area contributed by atoms with E-state index in [-0.39, 0.29) is 23.5 Å². The molecule has 0 atom stereocenters. The molecule has 1 aromatic heterocycles. The molecule has 1 aromatic rings. The first-order valence-electron chi connectivity index (χ1n) is 13.1. The van der Waals surface area contributed by atoms with Crippen LogP contribution in [-0.4, -0.2) is 50.4 Å². The number of aromatic nitrogens is 1. The summed E-state index contributed by atoms with van der Waals surface area (Å²) >= 11 is 6.80. The standard InChI is InChI=1S/C27H36N4O4S2/c1-19-20(24(30-14-11-12-15-30)29(2)25(34)21(19)18-28)17-22-26(35)31(27(36)37-22)16-10-8-6-4-3-5-7-9-13-23(32)33/h17H,3-16H2,1-2H3,(H,32,33)/b22-17+. The Hall–Kier alpha value is -2.64. The molecule has 2 saturated heterocycles. The molecule has 2 aliphatic heterocycles. The smallest absolute Gasteiger partial charge is 0.303 e. The molecule has 2 fully saturated rings. The van der Waals surface area contributed by atoms with Crippen molar-refractivity contribution in [1.82, 2.24) is 9.47 Å². The van der Waals surface area contributed by atoms with Crippen molar-refractivity contribution in [3.05, 3.63) is 31.9 Å². The number of nitriles is 1. The van der Waals surface area contributed by atoms with Gasteiger partial charge < -0.3 is 10.0 Å². The largest absolute Gasteiger partial charge is 0.481 e. The maximum atomic E-state index is 13.2. The van der Waals surface area contributed by atoms with E-state index in [0.717, 1.165) is 88.7 Å². The van der Waals surface area contributed by atoms with Crippen molar-refractivity contribution in [3.63, 3.8) is 0 Å². The zero-order valence-corrected chi connectivity index (χ0v) is 23.4. The minimum Gasteiger partial charge on any atom is -0.481 e. The Morgan fingerprint density at radius 1 is 1.08 bits per heavy atom. The molecule has 37 heavy (non-hydrogen) atoms. The topological polar surface area (TPSA) is 107 Å². The van der Waals surface area contributed by atoms with Crippen LogP contribution in [0, 0.1) is 18.3 Å². The van der Waals surface area contributed by atoms with Crippen molar-refractivity contribution in [1.29, 1.82) is 5.26 Å². The lowest BCUT2D eigenvalue weighted by Crippen LogP contribution is -2.31. The Labute approximate surface area is 228 Å². The summed E-state index contributed by atoms with van der Waals surface area (Å²) in [4.78, 5) is 40.9. The Morgan fingerprint density at radius 2 is 1.68 bits per heavy atom. The lowest BCUT2D eigenvalue weighted by molar-refractivity contribution is -0.137. The summed E-state index contributed by atoms with van der Waals surface area (Å²) in [6.07, 6.45) is 12.1. The molecule has 10 heteroatoms. The Bertz CT molecular complexity index is 1160. The normalized spacial score (nSPS) is 16.7. The number of nitrogens with zero attached hydrogens (tertiary/aromatic N) is 4. The monoisotopic (exact) mass is 544 g/mol. The van der Waals surface area contributed by atoms with Crippen LogP contribution in [-0.2, 0) is 16.6 Å². The van der Waals surface area contributed by atoms with Gasteiger partial charge >= 0.3 is 5.97 Å². The number of carboxylic acid groups (broad SMARTS) is 1. The number of amides is 1. The Kier molecular flexibility index (Phi) is 10.8. The number of hydrogen-bond donors (Lipinski definition) is 1. The van der Waals surface area contributed by atoms with Crippen LogP contribution in [0.25, 0.3) is 6.08 Å². The van der Waals surface area contributed by atoms with Gasteiger partial charge in [-0.05, 0) is 44.2 Å². The summed E-state index contributed by atoms with van der Waals surface area (Å²) in [6, 6.07) is 2.05. The van der Waals surface area contributed by atoms with E-state index in [1.807, 2.05) is 12.1 Å². The summed E-state index contributed by atoms with van der Waals surface area (Å²) in [7, 11) is 1.69. The number of thiocarbonyl (C=S) groups is 1. The van der Waals surface area contributed by atoms with Crippen LogP contribution in [0.4, 0.5) is 5.82 Å². The molecular formula is C27H36N4O4S2. The van der Waals surface area contributed by atoms with E-state index < -0.39 is 5.97 Å². The third-order valence-electron chi connectivity index (χ3n) is 7.04. The Balaban J connectivity index is 1.62. The number of thioether (sulfide) groups is 1. The zero-order chi connectivity index (χ0) is 26.9. The molecule has 0 spiro atoms. The molecule has 0 bridgehead atoms. The number of carbonyl (C=O) groups excluding carboxylic acids is 1. The molecule has 1 amide bonds. The van der Waals surface area contributed by atoms with Gasteiger partial charge in [-0.25, -0.2) is 0 Å². The summed E-state index contributed by atoms with van der Waals surface area (Å²) in [5.41, 5.74) is 1.13. The second-order valence-electron chi connectivity index (χ2n) is 9.71. The highest BCUT2D eigenvalue weighted by atomic mass is 32.2. The van der Waals surface area contributed by atoms with E-state index >= 15 is 0 Å². The van der Waals surface area contributed by atoms with Gasteiger partial charge in [0.25, 0.3) is 11.5 Å². The second kappa shape index (κ2) is 13.8. The van der Waals surface area contributed by atoms with Gasteiger partial charge in [0, 0.05) is 38.7 Å². The van der Waals surface area contributed by atoms with Gasteiger partial charge in [-0.3, -0.25) is 23.9 Å². The van der Waals surface area contributed by atoms with E-state index in [4.69, 9.17) is 17.3 Å². The van der Waals surface area contributed by atoms with Crippen LogP contribution in [0.2, 0.25) is 0 Å². The van der Waals surface area contributed by atoms with E-state index in [9.17, 15) is 19.6 Å². The van der Waals surface area contributed by atoms with Crippen LogP contribution in [0.5, 0.6) is 0 Å². The number of hydrogen-bond acceptors (Lipinski definition) is 7. The molecule has 3 rings (SSSR count).